The summed E-state index contributed by atoms with van der Waals surface area (Å²) in [6.07, 6.45) is 1.90. The average molecular weight is 236 g/mol. The molecule has 0 amide bonds. The summed E-state index contributed by atoms with van der Waals surface area (Å²) in [5.41, 5.74) is -0.0363. The molecule has 3 nitrogen and oxygen atoms in total. The minimum absolute atomic E-state index is 0.145. The Labute approximate surface area is 103 Å². The molecule has 1 aromatic heterocycles. The Balaban J connectivity index is 3.11. The summed E-state index contributed by atoms with van der Waals surface area (Å²) in [4.78, 5) is 12.1. The van der Waals surface area contributed by atoms with Crippen LogP contribution in [0.25, 0.3) is 0 Å². The van der Waals surface area contributed by atoms with Crippen molar-refractivity contribution < 1.29 is 14.1 Å². The Morgan fingerprint density at radius 3 is 2.18 bits per heavy atom. The zero-order valence-corrected chi connectivity index (χ0v) is 11.6. The van der Waals surface area contributed by atoms with Crippen LogP contribution in [0.4, 0.5) is 0 Å². The zero-order valence-electron chi connectivity index (χ0n) is 11.6. The molecule has 0 aliphatic heterocycles. The van der Waals surface area contributed by atoms with Gasteiger partial charge in [0.15, 0.2) is 11.7 Å². The molecule has 1 aromatic rings. The lowest BCUT2D eigenvalue weighted by molar-refractivity contribution is -0.756. The van der Waals surface area contributed by atoms with E-state index in [2.05, 4.69) is 20.8 Å². The van der Waals surface area contributed by atoms with E-state index in [1.165, 1.54) is 0 Å². The summed E-state index contributed by atoms with van der Waals surface area (Å²) in [6, 6.07) is 5.56. The molecule has 0 saturated carbocycles. The molecule has 94 valence electrons. The number of hydrogen-bond acceptors (Lipinski definition) is 2. The van der Waals surface area contributed by atoms with Gasteiger partial charge in [0, 0.05) is 32.9 Å². The van der Waals surface area contributed by atoms with Crippen molar-refractivity contribution in [1.29, 1.82) is 0 Å². The second-order valence-electron chi connectivity index (χ2n) is 6.13. The number of nitrogens with zero attached hydrogens (tertiary/aromatic N) is 1. The van der Waals surface area contributed by atoms with Crippen molar-refractivity contribution in [3.8, 4) is 0 Å². The Morgan fingerprint density at radius 2 is 1.71 bits per heavy atom. The van der Waals surface area contributed by atoms with Crippen LogP contribution in [0.2, 0.25) is 0 Å². The van der Waals surface area contributed by atoms with Crippen molar-refractivity contribution in [2.75, 3.05) is 0 Å². The second kappa shape index (κ2) is 4.47. The number of pyridine rings is 1. The first-order valence-corrected chi connectivity index (χ1v) is 5.86. The van der Waals surface area contributed by atoms with Crippen LogP contribution >= 0.6 is 0 Å². The van der Waals surface area contributed by atoms with E-state index in [1.54, 1.807) is 6.07 Å². The normalized spacial score (nSPS) is 12.4. The monoisotopic (exact) mass is 236 g/mol. The van der Waals surface area contributed by atoms with E-state index in [4.69, 9.17) is 4.74 Å². The number of esters is 1. The van der Waals surface area contributed by atoms with E-state index in [0.717, 1.165) is 0 Å². The molecule has 0 aromatic carbocycles. The summed E-state index contributed by atoms with van der Waals surface area (Å²) in [5, 5.41) is 0. The van der Waals surface area contributed by atoms with E-state index >= 15 is 0 Å². The van der Waals surface area contributed by atoms with E-state index in [9.17, 15) is 4.79 Å². The highest BCUT2D eigenvalue weighted by Crippen LogP contribution is 2.12. The first-order chi connectivity index (χ1) is 7.61. The third-order valence-electron chi connectivity index (χ3n) is 2.19. The molecular weight excluding hydrogens is 214 g/mol. The highest BCUT2D eigenvalue weighted by molar-refractivity contribution is 5.85. The van der Waals surface area contributed by atoms with Crippen molar-refractivity contribution in [2.24, 2.45) is 0 Å². The molecule has 1 rings (SSSR count). The second-order valence-corrected chi connectivity index (χ2v) is 6.13. The maximum Gasteiger partial charge on any atom is 0.404 e. The van der Waals surface area contributed by atoms with Gasteiger partial charge in [0.1, 0.15) is 5.60 Å². The number of rotatable bonds is 1. The van der Waals surface area contributed by atoms with Crippen molar-refractivity contribution in [3.63, 3.8) is 0 Å². The minimum atomic E-state index is -0.470. The number of carbonyl (C=O) groups excluding carboxylic acids is 1. The fraction of sp³-hybridized carbons (Fsp3) is 0.571. The fourth-order valence-electron chi connectivity index (χ4n) is 1.52. The molecule has 0 saturated heterocycles. The molecule has 3 heteroatoms. The predicted molar refractivity (Wildman–Crippen MR) is 66.8 cm³/mol. The number of ether oxygens (including phenoxy) is 1. The molecule has 0 bridgehead atoms. The van der Waals surface area contributed by atoms with Gasteiger partial charge in [-0.15, -0.1) is 0 Å². The van der Waals surface area contributed by atoms with Gasteiger partial charge in [-0.3, -0.25) is 0 Å². The summed E-state index contributed by atoms with van der Waals surface area (Å²) in [5.74, 6) is -0.284. The van der Waals surface area contributed by atoms with Gasteiger partial charge in [0.2, 0.25) is 0 Å². The average Bonchev–Trinajstić information content (AvgIpc) is 2.13. The third-order valence-corrected chi connectivity index (χ3v) is 2.19. The van der Waals surface area contributed by atoms with Crippen LogP contribution in [0.1, 0.15) is 52.0 Å². The van der Waals surface area contributed by atoms with Crippen LogP contribution in [0.3, 0.4) is 0 Å². The van der Waals surface area contributed by atoms with E-state index < -0.39 is 5.60 Å². The summed E-state index contributed by atoms with van der Waals surface area (Å²) >= 11 is 0. The highest BCUT2D eigenvalue weighted by atomic mass is 16.6. The number of hydrogen-bond donors (Lipinski definition) is 0. The molecule has 0 atom stereocenters. The molecule has 0 unspecified atom stereocenters. The van der Waals surface area contributed by atoms with E-state index in [1.807, 2.05) is 43.7 Å². The quantitative estimate of drug-likeness (QED) is 0.554. The number of carbonyl (C=O) groups is 1. The summed E-state index contributed by atoms with van der Waals surface area (Å²) < 4.78 is 7.33. The van der Waals surface area contributed by atoms with Crippen molar-refractivity contribution in [2.45, 2.75) is 52.7 Å². The van der Waals surface area contributed by atoms with Gasteiger partial charge in [-0.2, -0.15) is 4.57 Å². The predicted octanol–water partition coefficient (Wildman–Crippen LogP) is 2.68. The molecule has 17 heavy (non-hydrogen) atoms. The van der Waals surface area contributed by atoms with Crippen LogP contribution in [0.15, 0.2) is 24.4 Å². The first kappa shape index (κ1) is 13.7. The van der Waals surface area contributed by atoms with E-state index in [0.29, 0.717) is 5.69 Å². The largest absolute Gasteiger partial charge is 0.452 e. The minimum Gasteiger partial charge on any atom is -0.452 e. The lowest BCUT2D eigenvalue weighted by Gasteiger charge is -2.20. The van der Waals surface area contributed by atoms with Gasteiger partial charge in [-0.1, -0.05) is 0 Å². The lowest BCUT2D eigenvalue weighted by atomic mass is 10.1. The molecule has 0 spiro atoms. The van der Waals surface area contributed by atoms with Crippen LogP contribution in [0, 0.1) is 0 Å². The lowest BCUT2D eigenvalue weighted by Crippen LogP contribution is -2.54. The SMILES string of the molecule is CC(C)(C)OC(=O)c1cccc[n+]1C(C)(C)C. The van der Waals surface area contributed by atoms with Gasteiger partial charge in [0.25, 0.3) is 5.69 Å². The topological polar surface area (TPSA) is 30.2 Å². The summed E-state index contributed by atoms with van der Waals surface area (Å²) in [6.45, 7) is 11.8. The molecule has 0 fully saturated rings. The maximum atomic E-state index is 12.1. The van der Waals surface area contributed by atoms with Crippen molar-refractivity contribution >= 4 is 5.97 Å². The van der Waals surface area contributed by atoms with Gasteiger partial charge < -0.3 is 4.74 Å². The van der Waals surface area contributed by atoms with Crippen LogP contribution in [0.5, 0.6) is 0 Å². The molecule has 0 N–H and O–H groups in total. The van der Waals surface area contributed by atoms with Gasteiger partial charge in [-0.05, 0) is 26.8 Å². The Kier molecular flexibility index (Phi) is 3.60. The molecule has 1 heterocycles. The maximum absolute atomic E-state index is 12.1. The molecule has 0 aliphatic carbocycles. The zero-order chi connectivity index (χ0) is 13.3. The van der Waals surface area contributed by atoms with Gasteiger partial charge in [0.05, 0.1) is 0 Å². The van der Waals surface area contributed by atoms with Crippen molar-refractivity contribution in [3.05, 3.63) is 30.1 Å². The third kappa shape index (κ3) is 3.84. The van der Waals surface area contributed by atoms with Crippen LogP contribution in [-0.2, 0) is 10.3 Å². The molecular formula is C14H22NO2+. The van der Waals surface area contributed by atoms with Gasteiger partial charge in [-0.25, -0.2) is 4.79 Å². The summed E-state index contributed by atoms with van der Waals surface area (Å²) in [7, 11) is 0. The fourth-order valence-corrected chi connectivity index (χ4v) is 1.52. The standard InChI is InChI=1S/C14H22NO2/c1-13(2,3)15-10-8-7-9-11(15)12(16)17-14(4,5)6/h7-10H,1-6H3/q+1. The Bertz CT molecular complexity index is 411. The van der Waals surface area contributed by atoms with Gasteiger partial charge >= 0.3 is 5.97 Å². The van der Waals surface area contributed by atoms with E-state index in [-0.39, 0.29) is 11.5 Å². The highest BCUT2D eigenvalue weighted by Gasteiger charge is 2.31. The first-order valence-electron chi connectivity index (χ1n) is 5.86. The Hall–Kier alpha value is -1.38. The van der Waals surface area contributed by atoms with Crippen molar-refractivity contribution in [1.82, 2.24) is 0 Å². The smallest absolute Gasteiger partial charge is 0.404 e. The van der Waals surface area contributed by atoms with Crippen LogP contribution in [-0.4, -0.2) is 11.6 Å². The molecule has 0 radical (unpaired) electrons. The molecule has 0 aliphatic rings. The number of aromatic nitrogens is 1. The van der Waals surface area contributed by atoms with Crippen LogP contribution < -0.4 is 4.57 Å². The Morgan fingerprint density at radius 1 is 1.12 bits per heavy atom.